The van der Waals surface area contributed by atoms with Gasteiger partial charge in [0.15, 0.2) is 0 Å². The van der Waals surface area contributed by atoms with Crippen molar-refractivity contribution in [3.63, 3.8) is 0 Å². The topological polar surface area (TPSA) is 29.3 Å². The number of hydrogen-bond acceptors (Lipinski definition) is 3. The summed E-state index contributed by atoms with van der Waals surface area (Å²) in [6.07, 6.45) is 3.68. The van der Waals surface area contributed by atoms with Gasteiger partial charge in [0, 0.05) is 21.9 Å². The average molecular weight is 331 g/mol. The summed E-state index contributed by atoms with van der Waals surface area (Å²) in [6, 6.07) is 2.80. The largest absolute Gasteiger partial charge is 0.326 e. The van der Waals surface area contributed by atoms with Crippen molar-refractivity contribution in [1.29, 1.82) is 0 Å². The van der Waals surface area contributed by atoms with Crippen LogP contribution in [0, 0.1) is 5.92 Å². The predicted molar refractivity (Wildman–Crippen MR) is 83.0 cm³/mol. The highest BCUT2D eigenvalue weighted by Crippen LogP contribution is 2.37. The summed E-state index contributed by atoms with van der Waals surface area (Å²) in [5.41, 5.74) is 6.45. The molecule has 0 spiro atoms. The average Bonchev–Trinajstić information content (AvgIpc) is 2.62. The molecule has 0 aliphatic carbocycles. The molecule has 0 radical (unpaired) electrons. The molecule has 2 rings (SSSR count). The molecule has 2 unspecified atom stereocenters. The maximum Gasteiger partial charge on any atom is 0.0604 e. The maximum absolute atomic E-state index is 6.45. The van der Waals surface area contributed by atoms with E-state index in [0.717, 1.165) is 13.0 Å². The van der Waals surface area contributed by atoms with Crippen molar-refractivity contribution in [3.05, 3.63) is 20.8 Å². The Balaban J connectivity index is 2.26. The second-order valence-electron chi connectivity index (χ2n) is 5.63. The van der Waals surface area contributed by atoms with Gasteiger partial charge in [-0.05, 0) is 52.7 Å². The molecule has 1 aromatic rings. The summed E-state index contributed by atoms with van der Waals surface area (Å²) in [7, 11) is 0. The van der Waals surface area contributed by atoms with Gasteiger partial charge in [0.05, 0.1) is 6.04 Å². The highest BCUT2D eigenvalue weighted by Gasteiger charge is 2.31. The highest BCUT2D eigenvalue weighted by atomic mass is 79.9. The fourth-order valence-corrected chi connectivity index (χ4v) is 4.63. The Labute approximate surface area is 123 Å². The third-order valence-corrected chi connectivity index (χ3v) is 5.49. The van der Waals surface area contributed by atoms with E-state index < -0.39 is 0 Å². The molecule has 4 heteroatoms. The van der Waals surface area contributed by atoms with Crippen LogP contribution < -0.4 is 5.73 Å². The van der Waals surface area contributed by atoms with Crippen molar-refractivity contribution in [3.8, 4) is 0 Å². The molecule has 0 bridgehead atoms. The number of nitrogens with zero attached hydrogens (tertiary/aromatic N) is 1. The molecule has 0 saturated carbocycles. The van der Waals surface area contributed by atoms with Crippen molar-refractivity contribution < 1.29 is 0 Å². The van der Waals surface area contributed by atoms with Gasteiger partial charge < -0.3 is 5.73 Å². The molecule has 1 aliphatic heterocycles. The van der Waals surface area contributed by atoms with E-state index in [-0.39, 0.29) is 6.04 Å². The van der Waals surface area contributed by atoms with E-state index in [9.17, 15) is 0 Å². The van der Waals surface area contributed by atoms with Crippen molar-refractivity contribution in [1.82, 2.24) is 4.90 Å². The summed E-state index contributed by atoms with van der Waals surface area (Å²) in [4.78, 5) is 4.00. The van der Waals surface area contributed by atoms with E-state index in [4.69, 9.17) is 5.73 Å². The van der Waals surface area contributed by atoms with Crippen molar-refractivity contribution in [2.24, 2.45) is 11.7 Å². The monoisotopic (exact) mass is 330 g/mol. The standard InChI is InChI=1S/C14H23BrN2S/c1-10(2)9-17-7-4-3-5-12(16)13(17)14-11(15)6-8-18-14/h6,8,10,12-13H,3-5,7,9,16H2,1-2H3. The molecule has 1 aromatic heterocycles. The first-order valence-corrected chi connectivity index (χ1v) is 8.49. The van der Waals surface area contributed by atoms with E-state index >= 15 is 0 Å². The minimum Gasteiger partial charge on any atom is -0.326 e. The number of thiophene rings is 1. The van der Waals surface area contributed by atoms with Crippen molar-refractivity contribution in [2.45, 2.75) is 45.2 Å². The van der Waals surface area contributed by atoms with Crippen LogP contribution in [0.3, 0.4) is 0 Å². The zero-order chi connectivity index (χ0) is 13.1. The summed E-state index contributed by atoms with van der Waals surface area (Å²) < 4.78 is 1.23. The first-order valence-electron chi connectivity index (χ1n) is 6.82. The molecule has 0 amide bonds. The summed E-state index contributed by atoms with van der Waals surface area (Å²) >= 11 is 5.51. The highest BCUT2D eigenvalue weighted by molar-refractivity contribution is 9.10. The minimum absolute atomic E-state index is 0.265. The lowest BCUT2D eigenvalue weighted by atomic mass is 10.0. The molecule has 1 aliphatic rings. The van der Waals surface area contributed by atoms with Crippen LogP contribution in [0.1, 0.15) is 44.0 Å². The van der Waals surface area contributed by atoms with E-state index in [0.29, 0.717) is 12.0 Å². The van der Waals surface area contributed by atoms with Gasteiger partial charge in [-0.3, -0.25) is 4.90 Å². The lowest BCUT2D eigenvalue weighted by molar-refractivity contribution is 0.168. The second kappa shape index (κ2) is 6.51. The summed E-state index contributed by atoms with van der Waals surface area (Å²) in [5, 5.41) is 2.16. The van der Waals surface area contributed by atoms with Gasteiger partial charge in [0.25, 0.3) is 0 Å². The van der Waals surface area contributed by atoms with Gasteiger partial charge >= 0.3 is 0 Å². The number of likely N-dealkylation sites (tertiary alicyclic amines) is 1. The molecule has 1 saturated heterocycles. The van der Waals surface area contributed by atoms with Crippen LogP contribution in [-0.2, 0) is 0 Å². The smallest absolute Gasteiger partial charge is 0.0604 e. The summed E-state index contributed by atoms with van der Waals surface area (Å²) in [6.45, 7) is 6.90. The zero-order valence-corrected chi connectivity index (χ0v) is 13.6. The SMILES string of the molecule is CC(C)CN1CCCCC(N)C1c1sccc1Br. The van der Waals surface area contributed by atoms with Crippen LogP contribution in [0.4, 0.5) is 0 Å². The molecule has 0 aromatic carbocycles. The fourth-order valence-electron chi connectivity index (χ4n) is 2.81. The Hall–Kier alpha value is 0.100. The lowest BCUT2D eigenvalue weighted by Crippen LogP contribution is -2.41. The van der Waals surface area contributed by atoms with Crippen molar-refractivity contribution >= 4 is 27.3 Å². The number of halogens is 1. The van der Waals surface area contributed by atoms with Gasteiger partial charge in [-0.2, -0.15) is 0 Å². The molecule has 102 valence electrons. The quantitative estimate of drug-likeness (QED) is 0.906. The fraction of sp³-hybridized carbons (Fsp3) is 0.714. The van der Waals surface area contributed by atoms with Gasteiger partial charge in [-0.25, -0.2) is 0 Å². The molecular formula is C14H23BrN2S. The molecule has 2 nitrogen and oxygen atoms in total. The number of nitrogens with two attached hydrogens (primary N) is 1. The Kier molecular flexibility index (Phi) is 5.24. The third kappa shape index (κ3) is 3.35. The Bertz CT molecular complexity index is 378. The normalized spacial score (nSPS) is 26.5. The molecule has 2 atom stereocenters. The van der Waals surface area contributed by atoms with Gasteiger partial charge in [-0.15, -0.1) is 11.3 Å². The van der Waals surface area contributed by atoms with Crippen LogP contribution in [0.15, 0.2) is 15.9 Å². The van der Waals surface area contributed by atoms with E-state index in [2.05, 4.69) is 46.1 Å². The molecule has 18 heavy (non-hydrogen) atoms. The van der Waals surface area contributed by atoms with E-state index in [1.165, 1.54) is 28.7 Å². The Morgan fingerprint density at radius 1 is 1.50 bits per heavy atom. The van der Waals surface area contributed by atoms with Crippen LogP contribution in [0.25, 0.3) is 0 Å². The van der Waals surface area contributed by atoms with E-state index in [1.54, 1.807) is 0 Å². The van der Waals surface area contributed by atoms with Gasteiger partial charge in [0.1, 0.15) is 0 Å². The first-order chi connectivity index (χ1) is 8.59. The molecule has 2 heterocycles. The summed E-state index contributed by atoms with van der Waals surface area (Å²) in [5.74, 6) is 0.691. The first kappa shape index (κ1) is 14.5. The minimum atomic E-state index is 0.265. The lowest BCUT2D eigenvalue weighted by Gasteiger charge is -2.34. The van der Waals surface area contributed by atoms with Crippen LogP contribution in [0.2, 0.25) is 0 Å². The van der Waals surface area contributed by atoms with Crippen LogP contribution in [0.5, 0.6) is 0 Å². The Morgan fingerprint density at radius 3 is 2.89 bits per heavy atom. The third-order valence-electron chi connectivity index (χ3n) is 3.54. The van der Waals surface area contributed by atoms with Crippen molar-refractivity contribution in [2.75, 3.05) is 13.1 Å². The maximum atomic E-state index is 6.45. The predicted octanol–water partition coefficient (Wildman–Crippen LogP) is 4.02. The molecule has 2 N–H and O–H groups in total. The van der Waals surface area contributed by atoms with Crippen LogP contribution >= 0.6 is 27.3 Å². The second-order valence-corrected chi connectivity index (χ2v) is 7.43. The van der Waals surface area contributed by atoms with Gasteiger partial charge in [-0.1, -0.05) is 20.3 Å². The van der Waals surface area contributed by atoms with E-state index in [1.807, 2.05) is 11.3 Å². The number of rotatable bonds is 3. The number of hydrogen-bond donors (Lipinski definition) is 1. The zero-order valence-electron chi connectivity index (χ0n) is 11.2. The molecule has 1 fully saturated rings. The van der Waals surface area contributed by atoms with Gasteiger partial charge in [0.2, 0.25) is 0 Å². The Morgan fingerprint density at radius 2 is 2.28 bits per heavy atom. The molecular weight excluding hydrogens is 308 g/mol. The van der Waals surface area contributed by atoms with Crippen LogP contribution in [-0.4, -0.2) is 24.0 Å².